The van der Waals surface area contributed by atoms with E-state index in [0.717, 1.165) is 24.8 Å². The van der Waals surface area contributed by atoms with Gasteiger partial charge in [0.2, 0.25) is 0 Å². The van der Waals surface area contributed by atoms with Crippen LogP contribution in [-0.4, -0.2) is 5.97 Å². The van der Waals surface area contributed by atoms with Crippen molar-refractivity contribution in [2.45, 2.75) is 25.4 Å². The number of carbonyl (C=O) groups is 1. The van der Waals surface area contributed by atoms with Crippen LogP contribution in [0.25, 0.3) is 23.3 Å². The summed E-state index contributed by atoms with van der Waals surface area (Å²) < 4.78 is 5.89. The zero-order chi connectivity index (χ0) is 18.2. The fraction of sp³-hybridized carbons (Fsp3) is 0.160. The maximum absolute atomic E-state index is 12.5. The highest BCUT2D eigenvalue weighted by molar-refractivity contribution is 5.89. The van der Waals surface area contributed by atoms with Crippen molar-refractivity contribution in [2.75, 3.05) is 0 Å². The van der Waals surface area contributed by atoms with Gasteiger partial charge in [0.05, 0.1) is 5.56 Å². The summed E-state index contributed by atoms with van der Waals surface area (Å²) in [5, 5.41) is 2.52. The highest BCUT2D eigenvalue weighted by atomic mass is 16.5. The first-order chi connectivity index (χ1) is 13.3. The van der Waals surface area contributed by atoms with Crippen LogP contribution in [0.1, 0.15) is 40.4 Å². The van der Waals surface area contributed by atoms with Crippen molar-refractivity contribution in [2.24, 2.45) is 0 Å². The summed E-state index contributed by atoms with van der Waals surface area (Å²) in [4.78, 5) is 12.5. The number of hydrogen-bond donors (Lipinski definition) is 0. The van der Waals surface area contributed by atoms with Gasteiger partial charge in [-0.2, -0.15) is 0 Å². The topological polar surface area (TPSA) is 26.3 Å². The van der Waals surface area contributed by atoms with Crippen LogP contribution in [0.4, 0.5) is 0 Å². The van der Waals surface area contributed by atoms with E-state index in [1.165, 1.54) is 27.1 Å². The van der Waals surface area contributed by atoms with Gasteiger partial charge in [0.25, 0.3) is 0 Å². The van der Waals surface area contributed by atoms with Crippen molar-refractivity contribution in [1.82, 2.24) is 0 Å². The summed E-state index contributed by atoms with van der Waals surface area (Å²) in [7, 11) is 0. The molecule has 0 saturated heterocycles. The predicted octanol–water partition coefficient (Wildman–Crippen LogP) is 4.16. The summed E-state index contributed by atoms with van der Waals surface area (Å²) in [6, 6.07) is 22.2. The van der Waals surface area contributed by atoms with E-state index in [1.807, 2.05) is 18.2 Å². The molecular formula is C25H20O2. The number of carbonyl (C=O) groups excluding carboxylic acids is 1. The second-order valence-corrected chi connectivity index (χ2v) is 7.14. The third-order valence-corrected chi connectivity index (χ3v) is 5.54. The van der Waals surface area contributed by atoms with E-state index in [0.29, 0.717) is 5.56 Å². The minimum Gasteiger partial charge on any atom is -0.454 e. The molecule has 2 heteroatoms. The van der Waals surface area contributed by atoms with Gasteiger partial charge in [-0.25, -0.2) is 4.79 Å². The van der Waals surface area contributed by atoms with E-state index in [9.17, 15) is 4.79 Å². The molecule has 0 spiro atoms. The zero-order valence-electron chi connectivity index (χ0n) is 15.0. The van der Waals surface area contributed by atoms with E-state index in [1.54, 1.807) is 12.1 Å². The molecule has 0 fully saturated rings. The number of ether oxygens (including phenoxy) is 1. The second-order valence-electron chi connectivity index (χ2n) is 7.14. The Balaban J connectivity index is 1.55. The van der Waals surface area contributed by atoms with Crippen molar-refractivity contribution in [3.63, 3.8) is 0 Å². The molecule has 5 rings (SSSR count). The highest BCUT2D eigenvalue weighted by Crippen LogP contribution is 2.28. The van der Waals surface area contributed by atoms with Gasteiger partial charge in [-0.1, -0.05) is 66.7 Å². The lowest BCUT2D eigenvalue weighted by Gasteiger charge is -2.24. The lowest BCUT2D eigenvalue weighted by atomic mass is 9.86. The van der Waals surface area contributed by atoms with Gasteiger partial charge >= 0.3 is 5.97 Å². The molecule has 0 bridgehead atoms. The molecule has 0 aromatic heterocycles. The minimum absolute atomic E-state index is 0.187. The lowest BCUT2D eigenvalue weighted by Crippen LogP contribution is -2.36. The van der Waals surface area contributed by atoms with Gasteiger partial charge in [0.15, 0.2) is 0 Å². The Morgan fingerprint density at radius 1 is 0.815 bits per heavy atom. The molecule has 1 atom stereocenters. The molecule has 0 saturated carbocycles. The van der Waals surface area contributed by atoms with Crippen molar-refractivity contribution in [3.8, 4) is 11.1 Å². The van der Waals surface area contributed by atoms with Crippen molar-refractivity contribution < 1.29 is 9.53 Å². The molecule has 0 heterocycles. The van der Waals surface area contributed by atoms with Crippen LogP contribution in [0.15, 0.2) is 66.7 Å². The third-order valence-electron chi connectivity index (χ3n) is 5.54. The summed E-state index contributed by atoms with van der Waals surface area (Å²) >= 11 is 0. The predicted molar refractivity (Wildman–Crippen MR) is 108 cm³/mol. The Morgan fingerprint density at radius 3 is 2.52 bits per heavy atom. The number of hydrogen-bond acceptors (Lipinski definition) is 2. The Bertz CT molecular complexity index is 1140. The first-order valence-corrected chi connectivity index (χ1v) is 9.49. The van der Waals surface area contributed by atoms with Crippen LogP contribution in [0.5, 0.6) is 0 Å². The first kappa shape index (κ1) is 16.1. The van der Waals surface area contributed by atoms with Gasteiger partial charge in [-0.15, -0.1) is 0 Å². The molecule has 132 valence electrons. The number of benzene rings is 3. The van der Waals surface area contributed by atoms with Gasteiger partial charge in [0, 0.05) is 0 Å². The van der Waals surface area contributed by atoms with E-state index in [4.69, 9.17) is 4.74 Å². The second kappa shape index (κ2) is 6.55. The molecular weight excluding hydrogens is 332 g/mol. The molecule has 1 unspecified atom stereocenters. The standard InChI is InChI=1S/C25H20O2/c26-25(18-8-2-1-3-9-18)27-24-12-6-11-20-22-14-13-17-7-4-5-10-19(17)21(22)15-16-23(20)24/h1-5,7-11,14-16,24H,6,12-13H2. The van der Waals surface area contributed by atoms with Crippen LogP contribution in [-0.2, 0) is 11.2 Å². The van der Waals surface area contributed by atoms with Gasteiger partial charge < -0.3 is 4.74 Å². The maximum Gasteiger partial charge on any atom is 0.338 e. The average Bonchev–Trinajstić information content (AvgIpc) is 2.74. The Kier molecular flexibility index (Phi) is 3.90. The summed E-state index contributed by atoms with van der Waals surface area (Å²) in [6.07, 6.45) is 7.13. The van der Waals surface area contributed by atoms with E-state index < -0.39 is 0 Å². The number of rotatable bonds is 2. The minimum atomic E-state index is -0.250. The molecule has 27 heavy (non-hydrogen) atoms. The maximum atomic E-state index is 12.5. The molecule has 2 aliphatic rings. The van der Waals surface area contributed by atoms with Gasteiger partial charge in [0.1, 0.15) is 6.10 Å². The molecule has 0 aliphatic heterocycles. The molecule has 2 aliphatic carbocycles. The van der Waals surface area contributed by atoms with Crippen LogP contribution in [0, 0.1) is 0 Å². The van der Waals surface area contributed by atoms with Gasteiger partial charge in [-0.05, 0) is 64.1 Å². The van der Waals surface area contributed by atoms with Crippen molar-refractivity contribution >= 4 is 18.1 Å². The average molecular weight is 352 g/mol. The van der Waals surface area contributed by atoms with Crippen LogP contribution < -0.4 is 10.4 Å². The van der Waals surface area contributed by atoms with E-state index >= 15 is 0 Å². The SMILES string of the molecule is O=C(OC1CCC=c2c1ccc1c2=CCc2ccccc2-1)c1ccccc1. The lowest BCUT2D eigenvalue weighted by molar-refractivity contribution is 0.0273. The summed E-state index contributed by atoms with van der Waals surface area (Å²) in [5.74, 6) is -0.250. The van der Waals surface area contributed by atoms with Crippen molar-refractivity contribution in [1.29, 1.82) is 0 Å². The molecule has 0 N–H and O–H groups in total. The molecule has 3 aromatic rings. The highest BCUT2D eigenvalue weighted by Gasteiger charge is 2.23. The summed E-state index contributed by atoms with van der Waals surface area (Å²) in [5.41, 5.74) is 5.69. The van der Waals surface area contributed by atoms with Crippen LogP contribution in [0.2, 0.25) is 0 Å². The molecule has 0 radical (unpaired) electrons. The largest absolute Gasteiger partial charge is 0.454 e. The van der Waals surface area contributed by atoms with Gasteiger partial charge in [-0.3, -0.25) is 0 Å². The molecule has 3 aromatic carbocycles. The third kappa shape index (κ3) is 2.78. The fourth-order valence-corrected chi connectivity index (χ4v) is 4.22. The van der Waals surface area contributed by atoms with Crippen molar-refractivity contribution in [3.05, 3.63) is 93.9 Å². The van der Waals surface area contributed by atoms with E-state index in [-0.39, 0.29) is 12.1 Å². The van der Waals surface area contributed by atoms with E-state index in [2.05, 4.69) is 48.6 Å². The Hall–Kier alpha value is -3.13. The zero-order valence-corrected chi connectivity index (χ0v) is 15.0. The molecule has 0 amide bonds. The number of esters is 1. The smallest absolute Gasteiger partial charge is 0.338 e. The van der Waals surface area contributed by atoms with Crippen LogP contribution >= 0.6 is 0 Å². The summed E-state index contributed by atoms with van der Waals surface area (Å²) in [6.45, 7) is 0. The number of fused-ring (bicyclic) bond motifs is 5. The Morgan fingerprint density at radius 2 is 1.63 bits per heavy atom. The fourth-order valence-electron chi connectivity index (χ4n) is 4.22. The molecule has 2 nitrogen and oxygen atoms in total. The van der Waals surface area contributed by atoms with Crippen LogP contribution in [0.3, 0.4) is 0 Å². The first-order valence-electron chi connectivity index (χ1n) is 9.49. The monoisotopic (exact) mass is 352 g/mol. The normalized spacial score (nSPS) is 16.8. The Labute approximate surface area is 158 Å². The quantitative estimate of drug-likeness (QED) is 0.647.